The Bertz CT molecular complexity index is 658. The largest absolute Gasteiger partial charge is 0.269 e. The second kappa shape index (κ2) is 7.45. The minimum atomic E-state index is -0.397. The third-order valence-corrected chi connectivity index (χ3v) is 3.65. The van der Waals surface area contributed by atoms with E-state index >= 15 is 0 Å². The summed E-state index contributed by atoms with van der Waals surface area (Å²) < 4.78 is 0. The molecule has 0 spiro atoms. The molecule has 2 aromatic carbocycles. The first kappa shape index (κ1) is 15.1. The quantitative estimate of drug-likeness (QED) is 0.336. The number of hydrogen-bond donors (Lipinski definition) is 0. The van der Waals surface area contributed by atoms with Gasteiger partial charge in [-0.15, -0.1) is 11.8 Å². The fraction of sp³-hybridized carbons (Fsp3) is 0.0588. The van der Waals surface area contributed by atoms with Gasteiger partial charge in [0.25, 0.3) is 5.69 Å². The molecule has 0 N–H and O–H groups in total. The van der Waals surface area contributed by atoms with Gasteiger partial charge in [0.15, 0.2) is 0 Å². The zero-order chi connectivity index (χ0) is 15.1. The van der Waals surface area contributed by atoms with Crippen molar-refractivity contribution in [3.8, 4) is 0 Å². The molecule has 0 atom stereocenters. The molecule has 0 aliphatic heterocycles. The molecule has 4 heteroatoms. The zero-order valence-corrected chi connectivity index (χ0v) is 12.4. The lowest BCUT2D eigenvalue weighted by molar-refractivity contribution is -0.384. The van der Waals surface area contributed by atoms with Crippen LogP contribution in [0, 0.1) is 10.1 Å². The lowest BCUT2D eigenvalue weighted by atomic mass is 10.2. The van der Waals surface area contributed by atoms with Crippen LogP contribution in [-0.4, -0.2) is 11.2 Å². The van der Waals surface area contributed by atoms with Crippen molar-refractivity contribution in [2.75, 3.05) is 6.26 Å². The van der Waals surface area contributed by atoms with E-state index in [4.69, 9.17) is 0 Å². The number of allylic oxidation sites excluding steroid dienone is 2. The zero-order valence-electron chi connectivity index (χ0n) is 11.6. The van der Waals surface area contributed by atoms with E-state index in [1.165, 1.54) is 17.0 Å². The van der Waals surface area contributed by atoms with Crippen LogP contribution in [0.25, 0.3) is 12.2 Å². The third-order valence-electron chi connectivity index (χ3n) is 2.91. The van der Waals surface area contributed by atoms with Crippen molar-refractivity contribution in [2.45, 2.75) is 4.90 Å². The molecular formula is C17H15NO2S. The highest BCUT2D eigenvalue weighted by molar-refractivity contribution is 7.98. The van der Waals surface area contributed by atoms with Crippen molar-refractivity contribution in [3.63, 3.8) is 0 Å². The van der Waals surface area contributed by atoms with Crippen LogP contribution in [0.4, 0.5) is 5.69 Å². The highest BCUT2D eigenvalue weighted by Crippen LogP contribution is 2.16. The van der Waals surface area contributed by atoms with Gasteiger partial charge in [-0.05, 0) is 41.6 Å². The lowest BCUT2D eigenvalue weighted by Gasteiger charge is -1.96. The molecule has 0 aromatic heterocycles. The van der Waals surface area contributed by atoms with Crippen LogP contribution >= 0.6 is 11.8 Å². The van der Waals surface area contributed by atoms with Crippen LogP contribution in [-0.2, 0) is 0 Å². The standard InChI is InChI=1S/C17H15NO2S/c1-21-17-12-8-15(9-13-17)5-3-2-4-14-6-10-16(11-7-14)18(19)20/h2-13H,1H3/b4-2+,5-3+. The van der Waals surface area contributed by atoms with Gasteiger partial charge in [0.05, 0.1) is 4.92 Å². The Morgan fingerprint density at radius 3 is 1.81 bits per heavy atom. The summed E-state index contributed by atoms with van der Waals surface area (Å²) in [6.45, 7) is 0. The summed E-state index contributed by atoms with van der Waals surface area (Å²) in [5.41, 5.74) is 2.18. The summed E-state index contributed by atoms with van der Waals surface area (Å²) in [5.74, 6) is 0. The van der Waals surface area contributed by atoms with Crippen LogP contribution < -0.4 is 0 Å². The highest BCUT2D eigenvalue weighted by Gasteiger charge is 2.01. The van der Waals surface area contributed by atoms with Crippen molar-refractivity contribution in [1.82, 2.24) is 0 Å². The number of nitro groups is 1. The molecule has 0 heterocycles. The molecule has 0 bridgehead atoms. The predicted octanol–water partition coefficient (Wildman–Crippen LogP) is 5.04. The van der Waals surface area contributed by atoms with Crippen LogP contribution in [0.15, 0.2) is 65.6 Å². The molecule has 0 radical (unpaired) electrons. The van der Waals surface area contributed by atoms with E-state index in [2.05, 4.69) is 30.5 Å². The van der Waals surface area contributed by atoms with Crippen LogP contribution in [0.1, 0.15) is 11.1 Å². The van der Waals surface area contributed by atoms with Gasteiger partial charge in [-0.3, -0.25) is 10.1 Å². The van der Waals surface area contributed by atoms with Crippen molar-refractivity contribution in [2.24, 2.45) is 0 Å². The molecule has 0 aliphatic carbocycles. The van der Waals surface area contributed by atoms with Crippen LogP contribution in [0.2, 0.25) is 0 Å². The van der Waals surface area contributed by atoms with Crippen LogP contribution in [0.3, 0.4) is 0 Å². The topological polar surface area (TPSA) is 43.1 Å². The molecule has 0 aliphatic rings. The second-order valence-corrected chi connectivity index (χ2v) is 5.22. The Balaban J connectivity index is 1.97. The first-order valence-electron chi connectivity index (χ1n) is 6.42. The first-order valence-corrected chi connectivity index (χ1v) is 7.65. The molecule has 0 saturated heterocycles. The minimum absolute atomic E-state index is 0.108. The van der Waals surface area contributed by atoms with E-state index in [0.717, 1.165) is 11.1 Å². The maximum Gasteiger partial charge on any atom is 0.269 e. The van der Waals surface area contributed by atoms with Gasteiger partial charge in [0.2, 0.25) is 0 Å². The Kier molecular flexibility index (Phi) is 5.35. The fourth-order valence-corrected chi connectivity index (χ4v) is 2.16. The van der Waals surface area contributed by atoms with Crippen molar-refractivity contribution < 1.29 is 4.92 Å². The normalized spacial score (nSPS) is 11.3. The van der Waals surface area contributed by atoms with Crippen molar-refractivity contribution in [3.05, 3.63) is 81.9 Å². The highest BCUT2D eigenvalue weighted by atomic mass is 32.2. The fourth-order valence-electron chi connectivity index (χ4n) is 1.76. The number of non-ortho nitro benzene ring substituents is 1. The average Bonchev–Trinajstić information content (AvgIpc) is 2.52. The molecule has 0 fully saturated rings. The maximum atomic E-state index is 10.6. The summed E-state index contributed by atoms with van der Waals surface area (Å²) in [6.07, 6.45) is 9.86. The molecule has 3 nitrogen and oxygen atoms in total. The monoisotopic (exact) mass is 297 g/mol. The summed E-state index contributed by atoms with van der Waals surface area (Å²) in [5, 5.41) is 10.6. The van der Waals surface area contributed by atoms with E-state index in [1.54, 1.807) is 23.9 Å². The second-order valence-electron chi connectivity index (χ2n) is 4.34. The van der Waals surface area contributed by atoms with Crippen LogP contribution in [0.5, 0.6) is 0 Å². The molecule has 106 valence electrons. The smallest absolute Gasteiger partial charge is 0.258 e. The molecule has 0 saturated carbocycles. The molecule has 2 rings (SSSR count). The van der Waals surface area contributed by atoms with Crippen molar-refractivity contribution >= 4 is 29.6 Å². The Morgan fingerprint density at radius 1 is 0.905 bits per heavy atom. The van der Waals surface area contributed by atoms with E-state index in [0.29, 0.717) is 0 Å². The first-order chi connectivity index (χ1) is 10.2. The van der Waals surface area contributed by atoms with Gasteiger partial charge < -0.3 is 0 Å². The van der Waals surface area contributed by atoms with Crippen molar-refractivity contribution in [1.29, 1.82) is 0 Å². The van der Waals surface area contributed by atoms with Gasteiger partial charge in [-0.2, -0.15) is 0 Å². The minimum Gasteiger partial charge on any atom is -0.258 e. The van der Waals surface area contributed by atoms with E-state index < -0.39 is 4.92 Å². The predicted molar refractivity (Wildman–Crippen MR) is 89.4 cm³/mol. The molecule has 21 heavy (non-hydrogen) atoms. The van der Waals surface area contributed by atoms with Gasteiger partial charge >= 0.3 is 0 Å². The number of hydrogen-bond acceptors (Lipinski definition) is 3. The van der Waals surface area contributed by atoms with Gasteiger partial charge in [-0.1, -0.05) is 36.4 Å². The van der Waals surface area contributed by atoms with Gasteiger partial charge in [0, 0.05) is 17.0 Å². The van der Waals surface area contributed by atoms with E-state index in [1.807, 2.05) is 24.3 Å². The Hall–Kier alpha value is -2.33. The third kappa shape index (κ3) is 4.61. The van der Waals surface area contributed by atoms with Gasteiger partial charge in [0.1, 0.15) is 0 Å². The number of nitrogens with zero attached hydrogens (tertiary/aromatic N) is 1. The number of nitro benzene ring substituents is 1. The summed E-state index contributed by atoms with van der Waals surface area (Å²) in [6, 6.07) is 14.8. The number of benzene rings is 2. The van der Waals surface area contributed by atoms with Gasteiger partial charge in [-0.25, -0.2) is 0 Å². The lowest BCUT2D eigenvalue weighted by Crippen LogP contribution is -1.86. The molecule has 0 unspecified atom stereocenters. The SMILES string of the molecule is CSc1ccc(/C=C/C=C/c2ccc([N+](=O)[O-])cc2)cc1. The molecule has 2 aromatic rings. The number of thioether (sulfide) groups is 1. The number of rotatable bonds is 5. The Labute approximate surface area is 128 Å². The summed E-state index contributed by atoms with van der Waals surface area (Å²) in [4.78, 5) is 11.4. The van der Waals surface area contributed by atoms with E-state index in [9.17, 15) is 10.1 Å². The molecule has 0 amide bonds. The summed E-state index contributed by atoms with van der Waals surface area (Å²) >= 11 is 1.72. The average molecular weight is 297 g/mol. The van der Waals surface area contributed by atoms with E-state index in [-0.39, 0.29) is 5.69 Å². The Morgan fingerprint density at radius 2 is 1.38 bits per heavy atom. The summed E-state index contributed by atoms with van der Waals surface area (Å²) in [7, 11) is 0. The maximum absolute atomic E-state index is 10.6. The molecular weight excluding hydrogens is 282 g/mol.